The van der Waals surface area contributed by atoms with E-state index in [-0.39, 0.29) is 23.3 Å². The molecular weight excluding hydrogens is 388 g/mol. The van der Waals surface area contributed by atoms with E-state index in [9.17, 15) is 9.59 Å². The van der Waals surface area contributed by atoms with Crippen molar-refractivity contribution in [3.8, 4) is 0 Å². The predicted molar refractivity (Wildman–Crippen MR) is 110 cm³/mol. The molecule has 1 unspecified atom stereocenters. The van der Waals surface area contributed by atoms with Gasteiger partial charge in [-0.3, -0.25) is 9.59 Å². The van der Waals surface area contributed by atoms with Crippen molar-refractivity contribution in [3.63, 3.8) is 0 Å². The van der Waals surface area contributed by atoms with Crippen LogP contribution < -0.4 is 5.32 Å². The molecule has 1 atom stereocenters. The van der Waals surface area contributed by atoms with Crippen LogP contribution in [0.2, 0.25) is 0 Å². The van der Waals surface area contributed by atoms with Crippen LogP contribution in [0.15, 0.2) is 24.2 Å². The Hall–Kier alpha value is -2.29. The molecule has 1 saturated heterocycles. The van der Waals surface area contributed by atoms with Crippen molar-refractivity contribution in [3.05, 3.63) is 24.2 Å². The van der Waals surface area contributed by atoms with Crippen LogP contribution in [0, 0.1) is 5.41 Å². The molecule has 4 rings (SSSR count). The molecular formula is C20H28N6O2S. The summed E-state index contributed by atoms with van der Waals surface area (Å²) in [4.78, 5) is 36.0. The van der Waals surface area contributed by atoms with Gasteiger partial charge in [0.1, 0.15) is 12.7 Å². The highest BCUT2D eigenvalue weighted by atomic mass is 32.1. The summed E-state index contributed by atoms with van der Waals surface area (Å²) in [6.45, 7) is 1.45. The third-order valence-corrected chi connectivity index (χ3v) is 6.90. The lowest BCUT2D eigenvalue weighted by atomic mass is 9.69. The molecule has 0 radical (unpaired) electrons. The molecule has 1 aliphatic carbocycles. The van der Waals surface area contributed by atoms with Crippen LogP contribution in [0.25, 0.3) is 0 Å². The van der Waals surface area contributed by atoms with Crippen LogP contribution in [-0.2, 0) is 9.59 Å². The summed E-state index contributed by atoms with van der Waals surface area (Å²) < 4.78 is 1.86. The molecule has 2 aromatic rings. The Morgan fingerprint density at radius 3 is 2.79 bits per heavy atom. The van der Waals surface area contributed by atoms with Gasteiger partial charge in [0.05, 0.1) is 6.04 Å². The first-order valence-corrected chi connectivity index (χ1v) is 11.3. The number of hydrogen-bond acceptors (Lipinski definition) is 6. The van der Waals surface area contributed by atoms with E-state index in [1.54, 1.807) is 18.9 Å². The van der Waals surface area contributed by atoms with Gasteiger partial charge in [-0.25, -0.2) is 14.6 Å². The third-order valence-electron chi connectivity index (χ3n) is 6.21. The van der Waals surface area contributed by atoms with Crippen LogP contribution in [0.4, 0.5) is 5.13 Å². The fraction of sp³-hybridized carbons (Fsp3) is 0.650. The van der Waals surface area contributed by atoms with E-state index in [2.05, 4.69) is 20.4 Å². The highest BCUT2D eigenvalue weighted by molar-refractivity contribution is 7.13. The number of carbonyl (C=O) groups is 2. The van der Waals surface area contributed by atoms with Crippen LogP contribution in [0.1, 0.15) is 63.8 Å². The van der Waals surface area contributed by atoms with Gasteiger partial charge in [0, 0.05) is 37.5 Å². The van der Waals surface area contributed by atoms with Crippen molar-refractivity contribution in [2.24, 2.45) is 5.41 Å². The van der Waals surface area contributed by atoms with E-state index in [0.717, 1.165) is 45.1 Å². The second-order valence-electron chi connectivity index (χ2n) is 8.31. The molecule has 1 saturated carbocycles. The van der Waals surface area contributed by atoms with Gasteiger partial charge in [0.2, 0.25) is 11.8 Å². The number of hydrogen-bond donors (Lipinski definition) is 1. The van der Waals surface area contributed by atoms with E-state index in [1.165, 1.54) is 17.8 Å². The summed E-state index contributed by atoms with van der Waals surface area (Å²) in [7, 11) is 0. The largest absolute Gasteiger partial charge is 0.341 e. The van der Waals surface area contributed by atoms with Crippen molar-refractivity contribution in [2.75, 3.05) is 18.4 Å². The third kappa shape index (κ3) is 5.01. The van der Waals surface area contributed by atoms with Gasteiger partial charge in [0.25, 0.3) is 0 Å². The fourth-order valence-electron chi connectivity index (χ4n) is 4.74. The lowest BCUT2D eigenvalue weighted by molar-refractivity contribution is -0.136. The quantitative estimate of drug-likeness (QED) is 0.780. The summed E-state index contributed by atoms with van der Waals surface area (Å²) in [6.07, 6.45) is 13.0. The van der Waals surface area contributed by atoms with Crippen molar-refractivity contribution in [2.45, 2.75) is 63.8 Å². The van der Waals surface area contributed by atoms with Crippen LogP contribution in [0.5, 0.6) is 0 Å². The maximum atomic E-state index is 13.2. The number of rotatable bonds is 6. The Kier molecular flexibility index (Phi) is 6.22. The Morgan fingerprint density at radius 2 is 2.07 bits per heavy atom. The first-order valence-electron chi connectivity index (χ1n) is 10.4. The Bertz CT molecular complexity index is 801. The summed E-state index contributed by atoms with van der Waals surface area (Å²) in [5.41, 5.74) is -0.239. The second kappa shape index (κ2) is 9.02. The van der Waals surface area contributed by atoms with Gasteiger partial charge in [-0.15, -0.1) is 11.3 Å². The maximum Gasteiger partial charge on any atom is 0.226 e. The zero-order valence-electron chi connectivity index (χ0n) is 16.6. The van der Waals surface area contributed by atoms with Gasteiger partial charge in [-0.1, -0.05) is 19.3 Å². The van der Waals surface area contributed by atoms with Crippen molar-refractivity contribution in [1.82, 2.24) is 24.6 Å². The molecule has 1 N–H and O–H groups in total. The number of anilines is 1. The molecule has 2 aromatic heterocycles. The fourth-order valence-corrected chi connectivity index (χ4v) is 5.29. The molecule has 0 spiro atoms. The zero-order chi connectivity index (χ0) is 20.1. The van der Waals surface area contributed by atoms with Crippen LogP contribution in [-0.4, -0.2) is 49.6 Å². The molecule has 8 nitrogen and oxygen atoms in total. The Morgan fingerprint density at radius 1 is 1.21 bits per heavy atom. The maximum absolute atomic E-state index is 13.2. The normalized spacial score (nSPS) is 21.7. The smallest absolute Gasteiger partial charge is 0.226 e. The van der Waals surface area contributed by atoms with Gasteiger partial charge >= 0.3 is 0 Å². The van der Waals surface area contributed by atoms with Crippen LogP contribution >= 0.6 is 11.3 Å². The number of nitrogens with zero attached hydrogens (tertiary/aromatic N) is 5. The van der Waals surface area contributed by atoms with E-state index in [1.807, 2.05) is 15.0 Å². The number of piperidine rings is 1. The lowest BCUT2D eigenvalue weighted by Gasteiger charge is -2.39. The summed E-state index contributed by atoms with van der Waals surface area (Å²) in [5.74, 6) is 0.132. The van der Waals surface area contributed by atoms with Crippen molar-refractivity contribution in [1.29, 1.82) is 0 Å². The zero-order valence-corrected chi connectivity index (χ0v) is 17.4. The first kappa shape index (κ1) is 20.0. The number of nitrogens with one attached hydrogen (secondary N) is 1. The average Bonchev–Trinajstić information content (AvgIpc) is 3.43. The van der Waals surface area contributed by atoms with Crippen LogP contribution in [0.3, 0.4) is 0 Å². The summed E-state index contributed by atoms with van der Waals surface area (Å²) in [5, 5.41) is 9.61. The summed E-state index contributed by atoms with van der Waals surface area (Å²) in [6, 6.07) is 0.186. The van der Waals surface area contributed by atoms with Gasteiger partial charge < -0.3 is 10.2 Å². The molecule has 156 valence electrons. The van der Waals surface area contributed by atoms with Gasteiger partial charge in [0.15, 0.2) is 5.13 Å². The molecule has 9 heteroatoms. The molecule has 29 heavy (non-hydrogen) atoms. The van der Waals surface area contributed by atoms with E-state index in [4.69, 9.17) is 0 Å². The number of thiazole rings is 1. The standard InChI is InChI=1S/C20H28N6O2S/c27-17(24-19-22-8-10-29-19)11-20(6-2-1-3-7-20)12-18(28)25-9-4-5-16(13-25)26-15-21-14-23-26/h8,10,14-16H,1-7,9,11-13H2,(H,22,24,27). The minimum absolute atomic E-state index is 0.0335. The first-order chi connectivity index (χ1) is 14.1. The van der Waals surface area contributed by atoms with E-state index < -0.39 is 0 Å². The van der Waals surface area contributed by atoms with Crippen molar-refractivity contribution < 1.29 is 9.59 Å². The highest BCUT2D eigenvalue weighted by Gasteiger charge is 2.38. The average molecular weight is 417 g/mol. The molecule has 0 aromatic carbocycles. The molecule has 2 fully saturated rings. The lowest BCUT2D eigenvalue weighted by Crippen LogP contribution is -2.44. The molecule has 1 aliphatic heterocycles. The number of amides is 2. The van der Waals surface area contributed by atoms with Gasteiger partial charge in [-0.05, 0) is 31.1 Å². The number of likely N-dealkylation sites (tertiary alicyclic amines) is 1. The highest BCUT2D eigenvalue weighted by Crippen LogP contribution is 2.43. The number of aromatic nitrogens is 4. The monoisotopic (exact) mass is 416 g/mol. The minimum atomic E-state index is -0.239. The predicted octanol–water partition coefficient (Wildman–Crippen LogP) is 3.27. The summed E-state index contributed by atoms with van der Waals surface area (Å²) >= 11 is 1.42. The molecule has 2 amide bonds. The minimum Gasteiger partial charge on any atom is -0.341 e. The molecule has 2 aliphatic rings. The van der Waals surface area contributed by atoms with E-state index >= 15 is 0 Å². The topological polar surface area (TPSA) is 93.0 Å². The van der Waals surface area contributed by atoms with Crippen molar-refractivity contribution >= 4 is 28.3 Å². The van der Waals surface area contributed by atoms with Gasteiger partial charge in [-0.2, -0.15) is 5.10 Å². The molecule has 3 heterocycles. The number of carbonyl (C=O) groups excluding carboxylic acids is 2. The Balaban J connectivity index is 1.40. The Labute approximate surface area is 174 Å². The molecule has 0 bridgehead atoms. The SMILES string of the molecule is O=C(CC1(CC(=O)N2CCCC(n3cncn3)C2)CCCCC1)Nc1nccs1. The second-order valence-corrected chi connectivity index (χ2v) is 9.21. The van der Waals surface area contributed by atoms with E-state index in [0.29, 0.717) is 24.5 Å².